The number of benzene rings is 1. The fourth-order valence-electron chi connectivity index (χ4n) is 11.3. The van der Waals surface area contributed by atoms with Crippen molar-refractivity contribution in [3.8, 4) is 0 Å². The van der Waals surface area contributed by atoms with Crippen molar-refractivity contribution < 1.29 is 85.5 Å². The van der Waals surface area contributed by atoms with E-state index < -0.39 is 153 Å². The Morgan fingerprint density at radius 2 is 1.61 bits per heavy atom. The van der Waals surface area contributed by atoms with Gasteiger partial charge in [0, 0.05) is 51.0 Å². The Morgan fingerprint density at radius 1 is 1.00 bits per heavy atom. The van der Waals surface area contributed by atoms with Crippen molar-refractivity contribution in [2.45, 2.75) is 208 Å². The van der Waals surface area contributed by atoms with Gasteiger partial charge in [0.15, 0.2) is 6.29 Å². The van der Waals surface area contributed by atoms with Crippen LogP contribution >= 0.6 is 0 Å². The molecular formula is C50H84F3N3O15S. The lowest BCUT2D eigenvalue weighted by Gasteiger charge is -2.51. The monoisotopic (exact) mass is 1060 g/mol. The number of alkyl halides is 3. The van der Waals surface area contributed by atoms with E-state index in [1.54, 1.807) is 74.4 Å². The number of methoxy groups -OCH3 is 1. The molecule has 3 saturated heterocycles. The topological polar surface area (TPSA) is 254 Å². The number of aliphatic hydroxyl groups is 6. The molecular weight excluding hydrogens is 972 g/mol. The zero-order chi connectivity index (χ0) is 54.6. The van der Waals surface area contributed by atoms with Gasteiger partial charge in [0.05, 0.1) is 52.5 Å². The van der Waals surface area contributed by atoms with Crippen LogP contribution in [0.25, 0.3) is 0 Å². The molecule has 0 bridgehead atoms. The fourth-order valence-corrected chi connectivity index (χ4v) is 12.0. The van der Waals surface area contributed by atoms with Gasteiger partial charge in [-0.1, -0.05) is 39.8 Å². The highest BCUT2D eigenvalue weighted by atomic mass is 32.2. The standard InChI is InChI=1S/C50H84F3N3O15S/c1-14-37-50(10,64)42(60)30(6)56(12)25-26(2)22-48(8,63)44(28(4)39(29(5)45(62)70-37)36-23-49(9,67-13)43(61)31(7)69-36)71-46-41(59)35(21-27(3)68-46)55(11)20-19-38(57)54-34(24-51)40(58)32-15-17-33(18-16-32)72(65,66)47(52)53/h15-18,26-31,34-37,39-44,46-47,58-61,63-64H,14,19-25H2,1-13H3,(H,54,57)/t26-,27-,28+,29-,30-,31+,34-,35+,36?,37-,39+,40-,41-,42-,43+,44-,46+,48-,49-,50-/m1/s1. The summed E-state index contributed by atoms with van der Waals surface area (Å²) < 4.78 is 95.8. The number of hydrogen-bond acceptors (Lipinski definition) is 17. The minimum atomic E-state index is -4.91. The van der Waals surface area contributed by atoms with Crippen LogP contribution in [0.3, 0.4) is 0 Å². The summed E-state index contributed by atoms with van der Waals surface area (Å²) in [5, 5.41) is 73.1. The summed E-state index contributed by atoms with van der Waals surface area (Å²) in [6.07, 6.45) is -10.8. The normalized spacial score (nSPS) is 40.2. The van der Waals surface area contributed by atoms with Gasteiger partial charge < -0.3 is 69.4 Å². The summed E-state index contributed by atoms with van der Waals surface area (Å²) in [7, 11) is 0.0169. The Labute approximate surface area is 423 Å². The van der Waals surface area contributed by atoms with Crippen LogP contribution in [0.5, 0.6) is 0 Å². The second-order valence-electron chi connectivity index (χ2n) is 21.7. The van der Waals surface area contributed by atoms with Crippen molar-refractivity contribution in [3.63, 3.8) is 0 Å². The molecule has 1 aromatic rings. The number of hydrogen-bond donors (Lipinski definition) is 7. The maximum Gasteiger partial charge on any atom is 0.341 e. The van der Waals surface area contributed by atoms with Gasteiger partial charge >= 0.3 is 11.7 Å². The molecule has 3 aliphatic rings. The summed E-state index contributed by atoms with van der Waals surface area (Å²) >= 11 is 0. The molecule has 18 nitrogen and oxygen atoms in total. The van der Waals surface area contributed by atoms with Crippen LogP contribution in [0.1, 0.15) is 113 Å². The van der Waals surface area contributed by atoms with Crippen LogP contribution in [0.4, 0.5) is 13.2 Å². The first kappa shape index (κ1) is 62.0. The third-order valence-corrected chi connectivity index (χ3v) is 17.2. The fraction of sp³-hybridized carbons (Fsp3) is 0.840. The third-order valence-electron chi connectivity index (χ3n) is 15.8. The lowest BCUT2D eigenvalue weighted by Crippen LogP contribution is -2.62. The van der Waals surface area contributed by atoms with Crippen molar-refractivity contribution in [2.75, 3.05) is 41.0 Å². The number of carbonyl (C=O) groups is 2. The maximum atomic E-state index is 14.6. The van der Waals surface area contributed by atoms with Gasteiger partial charge in [0.25, 0.3) is 0 Å². The van der Waals surface area contributed by atoms with Crippen LogP contribution in [0, 0.1) is 23.7 Å². The van der Waals surface area contributed by atoms with E-state index in [4.69, 9.17) is 23.7 Å². The Kier molecular flexibility index (Phi) is 21.6. The number of nitrogens with one attached hydrogen (secondary N) is 1. The van der Waals surface area contributed by atoms with Gasteiger partial charge in [-0.15, -0.1) is 0 Å². The average Bonchev–Trinajstić information content (AvgIpc) is 3.31. The van der Waals surface area contributed by atoms with Crippen LogP contribution in [0.15, 0.2) is 29.2 Å². The molecule has 416 valence electrons. The van der Waals surface area contributed by atoms with Gasteiger partial charge in [-0.05, 0) is 104 Å². The molecule has 0 spiro atoms. The molecule has 7 N–H and O–H groups in total. The molecule has 0 aromatic heterocycles. The van der Waals surface area contributed by atoms with E-state index in [0.29, 0.717) is 6.54 Å². The molecule has 3 heterocycles. The number of aliphatic hydroxyl groups excluding tert-OH is 4. The number of carbonyl (C=O) groups excluding carboxylic acids is 2. The Hall–Kier alpha value is -2.58. The van der Waals surface area contributed by atoms with Gasteiger partial charge in [0.2, 0.25) is 15.7 Å². The number of halogens is 3. The lowest BCUT2D eigenvalue weighted by molar-refractivity contribution is -0.302. The lowest BCUT2D eigenvalue weighted by atomic mass is 9.68. The predicted octanol–water partition coefficient (Wildman–Crippen LogP) is 3.12. The van der Waals surface area contributed by atoms with E-state index in [1.807, 2.05) is 11.8 Å². The Bertz CT molecular complexity index is 2030. The number of nitrogens with zero attached hydrogens (tertiary/aromatic N) is 2. The van der Waals surface area contributed by atoms with E-state index in [1.165, 1.54) is 14.0 Å². The van der Waals surface area contributed by atoms with Crippen molar-refractivity contribution in [1.29, 1.82) is 0 Å². The first-order valence-electron chi connectivity index (χ1n) is 25.1. The first-order valence-corrected chi connectivity index (χ1v) is 26.6. The minimum Gasteiger partial charge on any atom is -0.459 e. The second kappa shape index (κ2) is 25.1. The highest BCUT2D eigenvalue weighted by molar-refractivity contribution is 7.91. The molecule has 0 radical (unpaired) electrons. The summed E-state index contributed by atoms with van der Waals surface area (Å²) in [5.41, 5.74) is -4.74. The number of esters is 1. The zero-order valence-electron chi connectivity index (χ0n) is 44.2. The van der Waals surface area contributed by atoms with E-state index in [2.05, 4.69) is 5.32 Å². The Morgan fingerprint density at radius 3 is 2.17 bits per heavy atom. The molecule has 1 unspecified atom stereocenters. The van der Waals surface area contributed by atoms with Gasteiger partial charge in [0.1, 0.15) is 42.8 Å². The molecule has 3 aliphatic heterocycles. The number of ether oxygens (including phenoxy) is 5. The number of amides is 1. The van der Waals surface area contributed by atoms with E-state index in [0.717, 1.165) is 24.3 Å². The van der Waals surface area contributed by atoms with Gasteiger partial charge in [-0.25, -0.2) is 12.8 Å². The van der Waals surface area contributed by atoms with Gasteiger partial charge in [-0.3, -0.25) is 9.59 Å². The summed E-state index contributed by atoms with van der Waals surface area (Å²) in [6, 6.07) is 1.03. The minimum absolute atomic E-state index is 0.0192. The Balaban J connectivity index is 1.66. The van der Waals surface area contributed by atoms with Crippen molar-refractivity contribution >= 4 is 21.7 Å². The largest absolute Gasteiger partial charge is 0.459 e. The smallest absolute Gasteiger partial charge is 0.341 e. The highest BCUT2D eigenvalue weighted by Crippen LogP contribution is 2.45. The van der Waals surface area contributed by atoms with E-state index in [9.17, 15) is 61.8 Å². The number of sulfone groups is 1. The zero-order valence-corrected chi connectivity index (χ0v) is 45.0. The molecule has 20 atom stereocenters. The number of cyclic esters (lactones) is 1. The summed E-state index contributed by atoms with van der Waals surface area (Å²) in [6.45, 7) is 16.3. The number of likely N-dealkylation sites (N-methyl/N-ethyl adjacent to an activating group) is 2. The van der Waals surface area contributed by atoms with Crippen LogP contribution in [-0.4, -0.2) is 198 Å². The molecule has 3 fully saturated rings. The van der Waals surface area contributed by atoms with Crippen molar-refractivity contribution in [1.82, 2.24) is 15.1 Å². The first-order chi connectivity index (χ1) is 33.3. The molecule has 1 aromatic carbocycles. The molecule has 0 aliphatic carbocycles. The van der Waals surface area contributed by atoms with E-state index >= 15 is 0 Å². The second-order valence-corrected chi connectivity index (χ2v) is 23.6. The summed E-state index contributed by atoms with van der Waals surface area (Å²) in [5.74, 6) is -7.97. The van der Waals surface area contributed by atoms with Crippen LogP contribution in [-0.2, 0) is 43.1 Å². The summed E-state index contributed by atoms with van der Waals surface area (Å²) in [4.78, 5) is 30.7. The quantitative estimate of drug-likeness (QED) is 0.125. The third kappa shape index (κ3) is 14.1. The van der Waals surface area contributed by atoms with Crippen LogP contribution in [0.2, 0.25) is 0 Å². The predicted molar refractivity (Wildman–Crippen MR) is 259 cm³/mol. The van der Waals surface area contributed by atoms with E-state index in [-0.39, 0.29) is 50.1 Å². The molecule has 72 heavy (non-hydrogen) atoms. The molecule has 0 saturated carbocycles. The SMILES string of the molecule is CC[C@H]1OC(=O)[C@H](C)[C@@H](C2C[C@@](C)(OC)[C@@H](O)[C@H](C)O2)[C@H](C)[C@@H](O[C@@H]2O[C@H](C)C[C@H](N(C)CCC(=O)N[C@H](CF)[C@H](O)c3ccc(S(=O)(=O)C(F)F)cc3)[C@H]2O)[C@](C)(O)C[C@@H](C)CN(C)[C@H](C)[C@@H](O)[C@]1(C)O. The molecule has 4 rings (SSSR count). The average molecular weight is 1060 g/mol. The molecule has 1 amide bonds. The number of rotatable bonds is 15. The highest BCUT2D eigenvalue weighted by Gasteiger charge is 2.55. The van der Waals surface area contributed by atoms with Crippen molar-refractivity contribution in [3.05, 3.63) is 29.8 Å². The van der Waals surface area contributed by atoms with Crippen LogP contribution < -0.4 is 5.32 Å². The van der Waals surface area contributed by atoms with Crippen molar-refractivity contribution in [2.24, 2.45) is 23.7 Å². The maximum absolute atomic E-state index is 14.6. The van der Waals surface area contributed by atoms with Gasteiger partial charge in [-0.2, -0.15) is 8.78 Å². The molecule has 22 heteroatoms.